The Bertz CT molecular complexity index is 554. The van der Waals surface area contributed by atoms with Crippen LogP contribution in [0, 0.1) is 0 Å². The summed E-state index contributed by atoms with van der Waals surface area (Å²) in [5, 5.41) is 7.72. The lowest BCUT2D eigenvalue weighted by atomic mass is 10.2. The summed E-state index contributed by atoms with van der Waals surface area (Å²) in [6.07, 6.45) is 1.91. The molecular formula is C10H15N7O. The largest absolute Gasteiger partial charge is 0.375 e. The molecule has 1 unspecified atom stereocenters. The summed E-state index contributed by atoms with van der Waals surface area (Å²) in [6.45, 7) is 4.32. The highest BCUT2D eigenvalue weighted by Crippen LogP contribution is 2.25. The summed E-state index contributed by atoms with van der Waals surface area (Å²) >= 11 is 0. The number of hydrogen-bond donors (Lipinski definition) is 3. The third-order valence-electron chi connectivity index (χ3n) is 2.96. The molecule has 0 bridgehead atoms. The van der Waals surface area contributed by atoms with E-state index >= 15 is 0 Å². The van der Waals surface area contributed by atoms with E-state index in [0.717, 1.165) is 24.3 Å². The maximum Gasteiger partial charge on any atom is 0.241 e. The fraction of sp³-hybridized carbons (Fsp3) is 0.500. The second-order valence-electron chi connectivity index (χ2n) is 4.27. The van der Waals surface area contributed by atoms with Crippen LogP contribution in [0.15, 0.2) is 6.20 Å². The first-order valence-corrected chi connectivity index (χ1v) is 5.82. The first-order chi connectivity index (χ1) is 8.78. The van der Waals surface area contributed by atoms with E-state index in [1.165, 1.54) is 0 Å². The number of morpholine rings is 1. The number of H-pyrrole nitrogens is 1. The van der Waals surface area contributed by atoms with Gasteiger partial charge in [-0.15, -0.1) is 0 Å². The summed E-state index contributed by atoms with van der Waals surface area (Å²) in [6, 6.07) is 0. The fourth-order valence-corrected chi connectivity index (χ4v) is 2.14. The maximum absolute atomic E-state index is 5.53. The van der Waals surface area contributed by atoms with Gasteiger partial charge in [0.15, 0.2) is 5.65 Å². The molecule has 8 heteroatoms. The summed E-state index contributed by atoms with van der Waals surface area (Å²) in [5.74, 6) is 6.59. The van der Waals surface area contributed by atoms with Crippen molar-refractivity contribution in [3.8, 4) is 0 Å². The number of nitrogens with zero attached hydrogens (tertiary/aromatic N) is 4. The van der Waals surface area contributed by atoms with Crippen molar-refractivity contribution in [3.63, 3.8) is 0 Å². The Morgan fingerprint density at radius 2 is 2.44 bits per heavy atom. The Morgan fingerprint density at radius 3 is 3.22 bits per heavy atom. The van der Waals surface area contributed by atoms with Crippen molar-refractivity contribution in [2.45, 2.75) is 13.0 Å². The van der Waals surface area contributed by atoms with E-state index in [9.17, 15) is 0 Å². The van der Waals surface area contributed by atoms with Gasteiger partial charge in [0.25, 0.3) is 0 Å². The zero-order valence-corrected chi connectivity index (χ0v) is 10.1. The van der Waals surface area contributed by atoms with Gasteiger partial charge < -0.3 is 9.64 Å². The van der Waals surface area contributed by atoms with Crippen LogP contribution in [0.3, 0.4) is 0 Å². The van der Waals surface area contributed by atoms with Crippen molar-refractivity contribution in [2.75, 3.05) is 30.0 Å². The van der Waals surface area contributed by atoms with Gasteiger partial charge in [-0.05, 0) is 6.92 Å². The summed E-state index contributed by atoms with van der Waals surface area (Å²) in [7, 11) is 0. The number of anilines is 2. The number of hydrazine groups is 1. The van der Waals surface area contributed by atoms with Gasteiger partial charge in [0, 0.05) is 13.1 Å². The molecule has 1 atom stereocenters. The van der Waals surface area contributed by atoms with Crippen LogP contribution in [0.1, 0.15) is 6.92 Å². The molecule has 0 radical (unpaired) electrons. The van der Waals surface area contributed by atoms with Crippen LogP contribution in [0.4, 0.5) is 11.8 Å². The third kappa shape index (κ3) is 1.85. The zero-order chi connectivity index (χ0) is 12.5. The fourth-order valence-electron chi connectivity index (χ4n) is 2.14. The molecule has 1 aliphatic rings. The number of nitrogen functional groups attached to an aromatic ring is 1. The van der Waals surface area contributed by atoms with Crippen molar-refractivity contribution in [1.29, 1.82) is 0 Å². The van der Waals surface area contributed by atoms with E-state index in [2.05, 4.69) is 30.5 Å². The average Bonchev–Trinajstić information content (AvgIpc) is 2.85. The average molecular weight is 249 g/mol. The Labute approximate surface area is 104 Å². The predicted molar refractivity (Wildman–Crippen MR) is 67.1 cm³/mol. The molecule has 0 amide bonds. The lowest BCUT2D eigenvalue weighted by molar-refractivity contribution is 0.0530. The first kappa shape index (κ1) is 11.2. The van der Waals surface area contributed by atoms with Crippen molar-refractivity contribution in [1.82, 2.24) is 20.2 Å². The van der Waals surface area contributed by atoms with Gasteiger partial charge in [-0.2, -0.15) is 15.1 Å². The molecule has 1 saturated heterocycles. The Kier molecular flexibility index (Phi) is 2.73. The topological polar surface area (TPSA) is 105 Å². The normalized spacial score (nSPS) is 20.3. The van der Waals surface area contributed by atoms with E-state index in [1.54, 1.807) is 6.20 Å². The van der Waals surface area contributed by atoms with Crippen molar-refractivity contribution in [3.05, 3.63) is 6.20 Å². The lowest BCUT2D eigenvalue weighted by Gasteiger charge is -2.32. The summed E-state index contributed by atoms with van der Waals surface area (Å²) < 4.78 is 5.53. The zero-order valence-electron chi connectivity index (χ0n) is 10.1. The predicted octanol–water partition coefficient (Wildman–Crippen LogP) is -0.136. The van der Waals surface area contributed by atoms with Crippen molar-refractivity contribution in [2.24, 2.45) is 5.84 Å². The number of aromatic amines is 1. The monoisotopic (exact) mass is 249 g/mol. The highest BCUT2D eigenvalue weighted by atomic mass is 16.5. The van der Waals surface area contributed by atoms with E-state index in [-0.39, 0.29) is 6.10 Å². The minimum Gasteiger partial charge on any atom is -0.375 e. The molecule has 0 aromatic carbocycles. The maximum atomic E-state index is 5.53. The van der Waals surface area contributed by atoms with Crippen LogP contribution in [0.25, 0.3) is 11.0 Å². The van der Waals surface area contributed by atoms with E-state index in [1.807, 2.05) is 6.92 Å². The number of ether oxygens (including phenoxy) is 1. The molecule has 2 aromatic heterocycles. The molecule has 3 heterocycles. The van der Waals surface area contributed by atoms with Crippen LogP contribution < -0.4 is 16.2 Å². The molecule has 2 aromatic rings. The minimum absolute atomic E-state index is 0.185. The number of hydrogen-bond acceptors (Lipinski definition) is 7. The van der Waals surface area contributed by atoms with Gasteiger partial charge in [-0.1, -0.05) is 0 Å². The molecular weight excluding hydrogens is 234 g/mol. The smallest absolute Gasteiger partial charge is 0.241 e. The Morgan fingerprint density at radius 1 is 1.56 bits per heavy atom. The van der Waals surface area contributed by atoms with Gasteiger partial charge >= 0.3 is 0 Å². The molecule has 0 saturated carbocycles. The van der Waals surface area contributed by atoms with Gasteiger partial charge in [-0.3, -0.25) is 10.5 Å². The number of nitrogens with two attached hydrogens (primary N) is 1. The Hall–Kier alpha value is -1.93. The molecule has 1 aliphatic heterocycles. The van der Waals surface area contributed by atoms with Crippen molar-refractivity contribution >= 4 is 22.8 Å². The van der Waals surface area contributed by atoms with Gasteiger partial charge in [0.05, 0.1) is 24.3 Å². The van der Waals surface area contributed by atoms with Gasteiger partial charge in [0.2, 0.25) is 5.95 Å². The molecule has 8 nitrogen and oxygen atoms in total. The molecule has 4 N–H and O–H groups in total. The Balaban J connectivity index is 2.05. The minimum atomic E-state index is 0.185. The van der Waals surface area contributed by atoms with E-state index in [4.69, 9.17) is 10.6 Å². The third-order valence-corrected chi connectivity index (χ3v) is 2.96. The molecule has 0 spiro atoms. The van der Waals surface area contributed by atoms with Crippen LogP contribution in [0.5, 0.6) is 0 Å². The van der Waals surface area contributed by atoms with Crippen LogP contribution in [0.2, 0.25) is 0 Å². The molecule has 18 heavy (non-hydrogen) atoms. The summed E-state index contributed by atoms with van der Waals surface area (Å²) in [4.78, 5) is 10.8. The number of rotatable bonds is 2. The number of fused-ring (bicyclic) bond motifs is 1. The van der Waals surface area contributed by atoms with E-state index < -0.39 is 0 Å². The van der Waals surface area contributed by atoms with Crippen LogP contribution in [-0.4, -0.2) is 46.0 Å². The van der Waals surface area contributed by atoms with Crippen molar-refractivity contribution < 1.29 is 4.74 Å². The lowest BCUT2D eigenvalue weighted by Crippen LogP contribution is -2.41. The second kappa shape index (κ2) is 4.39. The van der Waals surface area contributed by atoms with Gasteiger partial charge in [0.1, 0.15) is 5.82 Å². The summed E-state index contributed by atoms with van der Waals surface area (Å²) in [5.41, 5.74) is 3.14. The second-order valence-corrected chi connectivity index (χ2v) is 4.27. The SMILES string of the molecule is CC1CN(c2nc(NN)nc3[nH]ncc23)CCO1. The molecule has 1 fully saturated rings. The standard InChI is InChI=1S/C10H15N7O/c1-6-5-17(2-3-18-6)9-7-4-12-16-8(7)13-10(14-9)15-11/h4,6H,2-3,5,11H2,1H3,(H2,12,13,14,15,16). The van der Waals surface area contributed by atoms with Crippen LogP contribution >= 0.6 is 0 Å². The quantitative estimate of drug-likeness (QED) is 0.502. The van der Waals surface area contributed by atoms with Crippen LogP contribution in [-0.2, 0) is 4.74 Å². The highest BCUT2D eigenvalue weighted by molar-refractivity contribution is 5.87. The van der Waals surface area contributed by atoms with E-state index in [0.29, 0.717) is 18.2 Å². The molecule has 0 aliphatic carbocycles. The molecule has 96 valence electrons. The van der Waals surface area contributed by atoms with Gasteiger partial charge in [-0.25, -0.2) is 5.84 Å². The molecule has 3 rings (SSSR count). The number of nitrogens with one attached hydrogen (secondary N) is 2. The highest BCUT2D eigenvalue weighted by Gasteiger charge is 2.21. The first-order valence-electron chi connectivity index (χ1n) is 5.82. The number of aromatic nitrogens is 4.